The zero-order valence-corrected chi connectivity index (χ0v) is 15.1. The fraction of sp³-hybridized carbons (Fsp3) is 0.667. The summed E-state index contributed by atoms with van der Waals surface area (Å²) in [6.07, 6.45) is 8.71. The molecule has 0 radical (unpaired) electrons. The van der Waals surface area contributed by atoms with Crippen molar-refractivity contribution in [2.75, 3.05) is 6.54 Å². The Balaban J connectivity index is 1.64. The third-order valence-corrected chi connectivity index (χ3v) is 5.98. The van der Waals surface area contributed by atoms with E-state index in [-0.39, 0.29) is 23.9 Å². The summed E-state index contributed by atoms with van der Waals surface area (Å²) in [5, 5.41) is 10.6. The second kappa shape index (κ2) is 8.81. The van der Waals surface area contributed by atoms with Gasteiger partial charge in [0.05, 0.1) is 12.0 Å². The Morgan fingerprint density at radius 1 is 1.08 bits per heavy atom. The van der Waals surface area contributed by atoms with Crippen molar-refractivity contribution in [1.82, 2.24) is 4.90 Å². The van der Waals surface area contributed by atoms with Gasteiger partial charge in [0, 0.05) is 18.6 Å². The summed E-state index contributed by atoms with van der Waals surface area (Å²) < 4.78 is 0. The predicted octanol–water partition coefficient (Wildman–Crippen LogP) is 3.40. The highest BCUT2D eigenvalue weighted by atomic mass is 16.3. The zero-order valence-electron chi connectivity index (χ0n) is 15.1. The molecule has 1 saturated carbocycles. The summed E-state index contributed by atoms with van der Waals surface area (Å²) in [4.78, 5) is 15.2. The summed E-state index contributed by atoms with van der Waals surface area (Å²) in [6, 6.07) is 9.89. The van der Waals surface area contributed by atoms with Crippen LogP contribution in [0.4, 0.5) is 0 Å². The Kier molecular flexibility index (Phi) is 6.49. The molecule has 4 unspecified atom stereocenters. The summed E-state index contributed by atoms with van der Waals surface area (Å²) in [7, 11) is 0. The van der Waals surface area contributed by atoms with E-state index in [1.54, 1.807) is 0 Å². The maximum Gasteiger partial charge on any atom is 0.227 e. The van der Waals surface area contributed by atoms with Crippen LogP contribution in [0.3, 0.4) is 0 Å². The number of hydrogen-bond donors (Lipinski definition) is 2. The molecule has 0 bridgehead atoms. The van der Waals surface area contributed by atoms with Gasteiger partial charge in [-0.25, -0.2) is 0 Å². The van der Waals surface area contributed by atoms with E-state index in [4.69, 9.17) is 5.73 Å². The number of carbonyl (C=O) groups is 1. The van der Waals surface area contributed by atoms with E-state index in [9.17, 15) is 9.90 Å². The third kappa shape index (κ3) is 4.62. The number of aliphatic hydroxyl groups is 1. The second-order valence-corrected chi connectivity index (χ2v) is 7.75. The van der Waals surface area contributed by atoms with Gasteiger partial charge in [0.1, 0.15) is 0 Å². The number of amides is 1. The van der Waals surface area contributed by atoms with Gasteiger partial charge in [-0.1, -0.05) is 56.0 Å². The van der Waals surface area contributed by atoms with Gasteiger partial charge in [-0.15, -0.1) is 0 Å². The first-order chi connectivity index (χ1) is 12.2. The first-order valence-corrected chi connectivity index (χ1v) is 9.96. The molecule has 1 aliphatic carbocycles. The molecule has 1 amide bonds. The second-order valence-electron chi connectivity index (χ2n) is 7.75. The molecule has 1 aromatic rings. The molecule has 1 heterocycles. The van der Waals surface area contributed by atoms with Gasteiger partial charge < -0.3 is 15.7 Å². The maximum atomic E-state index is 13.2. The van der Waals surface area contributed by atoms with Gasteiger partial charge in [-0.3, -0.25) is 4.79 Å². The quantitative estimate of drug-likeness (QED) is 0.880. The van der Waals surface area contributed by atoms with Crippen LogP contribution in [0.25, 0.3) is 0 Å². The molecule has 0 spiro atoms. The van der Waals surface area contributed by atoms with E-state index in [0.717, 1.165) is 50.6 Å². The van der Waals surface area contributed by atoms with E-state index >= 15 is 0 Å². The molecule has 2 aliphatic rings. The molecular formula is C21H32N2O2. The average Bonchev–Trinajstić information content (AvgIpc) is 3.07. The molecule has 1 saturated heterocycles. The minimum absolute atomic E-state index is 0.00639. The van der Waals surface area contributed by atoms with Gasteiger partial charge >= 0.3 is 0 Å². The van der Waals surface area contributed by atoms with E-state index in [2.05, 4.69) is 0 Å². The molecule has 25 heavy (non-hydrogen) atoms. The molecule has 4 atom stereocenters. The van der Waals surface area contributed by atoms with Crippen LogP contribution in [0.1, 0.15) is 69.5 Å². The normalized spacial score (nSPS) is 29.0. The van der Waals surface area contributed by atoms with Crippen LogP contribution in [0.2, 0.25) is 0 Å². The highest BCUT2D eigenvalue weighted by Gasteiger charge is 2.36. The first kappa shape index (κ1) is 18.4. The maximum absolute atomic E-state index is 13.2. The number of nitrogens with two attached hydrogens (primary N) is 1. The highest BCUT2D eigenvalue weighted by molar-refractivity contribution is 5.80. The smallest absolute Gasteiger partial charge is 0.227 e. The van der Waals surface area contributed by atoms with Gasteiger partial charge in [-0.2, -0.15) is 0 Å². The lowest BCUT2D eigenvalue weighted by Crippen LogP contribution is -2.46. The fourth-order valence-corrected chi connectivity index (χ4v) is 4.47. The SMILES string of the molecule is NC1CCCCCCC1C(=O)N1CCCC1CC(O)c1ccccc1. The van der Waals surface area contributed by atoms with E-state index < -0.39 is 6.10 Å². The Hall–Kier alpha value is -1.39. The summed E-state index contributed by atoms with van der Waals surface area (Å²) in [5.74, 6) is 0.201. The molecule has 1 aromatic carbocycles. The third-order valence-electron chi connectivity index (χ3n) is 5.98. The minimum Gasteiger partial charge on any atom is -0.388 e. The highest BCUT2D eigenvalue weighted by Crippen LogP contribution is 2.31. The van der Waals surface area contributed by atoms with E-state index in [1.165, 1.54) is 12.8 Å². The molecule has 0 aromatic heterocycles. The Morgan fingerprint density at radius 2 is 1.80 bits per heavy atom. The Labute approximate surface area is 151 Å². The number of likely N-dealkylation sites (tertiary alicyclic amines) is 1. The average molecular weight is 344 g/mol. The largest absolute Gasteiger partial charge is 0.388 e. The molecule has 2 fully saturated rings. The van der Waals surface area contributed by atoms with E-state index in [1.807, 2.05) is 35.2 Å². The van der Waals surface area contributed by atoms with Crippen molar-refractivity contribution < 1.29 is 9.90 Å². The van der Waals surface area contributed by atoms with Crippen molar-refractivity contribution in [2.45, 2.75) is 76.0 Å². The Bertz CT molecular complexity index is 548. The van der Waals surface area contributed by atoms with Crippen LogP contribution in [-0.4, -0.2) is 34.5 Å². The van der Waals surface area contributed by atoms with Crippen LogP contribution in [0, 0.1) is 5.92 Å². The monoisotopic (exact) mass is 344 g/mol. The fourth-order valence-electron chi connectivity index (χ4n) is 4.47. The topological polar surface area (TPSA) is 66.6 Å². The van der Waals surface area contributed by atoms with Crippen molar-refractivity contribution in [3.05, 3.63) is 35.9 Å². The molecule has 3 N–H and O–H groups in total. The number of benzene rings is 1. The number of aliphatic hydroxyl groups excluding tert-OH is 1. The molecule has 3 rings (SSSR count). The molecule has 1 aliphatic heterocycles. The number of carbonyl (C=O) groups excluding carboxylic acids is 1. The van der Waals surface area contributed by atoms with Crippen LogP contribution in [0.15, 0.2) is 30.3 Å². The van der Waals surface area contributed by atoms with Crippen molar-refractivity contribution in [3.8, 4) is 0 Å². The molecule has 4 heteroatoms. The van der Waals surface area contributed by atoms with Gasteiger partial charge in [-0.05, 0) is 37.7 Å². The Morgan fingerprint density at radius 3 is 2.56 bits per heavy atom. The molecular weight excluding hydrogens is 312 g/mol. The summed E-state index contributed by atoms with van der Waals surface area (Å²) >= 11 is 0. The predicted molar refractivity (Wildman–Crippen MR) is 99.9 cm³/mol. The number of nitrogens with zero attached hydrogens (tertiary/aromatic N) is 1. The van der Waals surface area contributed by atoms with Gasteiger partial charge in [0.15, 0.2) is 0 Å². The zero-order chi connectivity index (χ0) is 17.6. The van der Waals surface area contributed by atoms with Crippen LogP contribution >= 0.6 is 0 Å². The van der Waals surface area contributed by atoms with Crippen molar-refractivity contribution in [2.24, 2.45) is 11.7 Å². The summed E-state index contributed by atoms with van der Waals surface area (Å²) in [6.45, 7) is 0.814. The lowest BCUT2D eigenvalue weighted by Gasteiger charge is -2.33. The molecule has 138 valence electrons. The number of rotatable bonds is 4. The van der Waals surface area contributed by atoms with E-state index in [0.29, 0.717) is 6.42 Å². The van der Waals surface area contributed by atoms with Crippen molar-refractivity contribution in [3.63, 3.8) is 0 Å². The van der Waals surface area contributed by atoms with Crippen LogP contribution < -0.4 is 5.73 Å². The van der Waals surface area contributed by atoms with Crippen LogP contribution in [0.5, 0.6) is 0 Å². The lowest BCUT2D eigenvalue weighted by molar-refractivity contribution is -0.138. The summed E-state index contributed by atoms with van der Waals surface area (Å²) in [5.41, 5.74) is 7.29. The first-order valence-electron chi connectivity index (χ1n) is 9.96. The standard InChI is InChI=1S/C21H32N2O2/c22-19-13-7-2-1-6-12-18(19)21(25)23-14-8-11-17(23)15-20(24)16-9-4-3-5-10-16/h3-5,9-10,17-20,24H,1-2,6-8,11-15,22H2. The van der Waals surface area contributed by atoms with Gasteiger partial charge in [0.2, 0.25) is 5.91 Å². The van der Waals surface area contributed by atoms with Crippen LogP contribution in [-0.2, 0) is 4.79 Å². The molecule has 4 nitrogen and oxygen atoms in total. The minimum atomic E-state index is -0.509. The van der Waals surface area contributed by atoms with Gasteiger partial charge in [0.25, 0.3) is 0 Å². The number of hydrogen-bond acceptors (Lipinski definition) is 3. The van der Waals surface area contributed by atoms with Crippen molar-refractivity contribution in [1.29, 1.82) is 0 Å². The van der Waals surface area contributed by atoms with Crippen molar-refractivity contribution >= 4 is 5.91 Å². The lowest BCUT2D eigenvalue weighted by atomic mass is 9.86.